The predicted molar refractivity (Wildman–Crippen MR) is 34.9 cm³/mol. The van der Waals surface area contributed by atoms with Crippen molar-refractivity contribution in [2.45, 2.75) is 6.42 Å². The second kappa shape index (κ2) is 2.93. The van der Waals surface area contributed by atoms with Crippen LogP contribution >= 0.6 is 12.1 Å². The van der Waals surface area contributed by atoms with Crippen LogP contribution in [-0.4, -0.2) is 28.6 Å². The van der Waals surface area contributed by atoms with Crippen LogP contribution in [0.2, 0.25) is 0 Å². The van der Waals surface area contributed by atoms with E-state index in [4.69, 9.17) is 5.11 Å². The van der Waals surface area contributed by atoms with E-state index in [9.17, 15) is 4.79 Å². The first-order chi connectivity index (χ1) is 4.30. The van der Waals surface area contributed by atoms with Gasteiger partial charge in [-0.2, -0.15) is 0 Å². The number of hydrogen-bond donors (Lipinski definition) is 2. The number of hydrogen-bond acceptors (Lipinski definition) is 3. The highest BCUT2D eigenvalue weighted by molar-refractivity contribution is 7.95. The summed E-state index contributed by atoms with van der Waals surface area (Å²) in [6, 6.07) is 0. The standard InChI is InChI=1S/C4H8N2O2S/c7-4(8)6-3-1-2-5-9-6/h5H,1-3H2,(H,7,8). The van der Waals surface area contributed by atoms with E-state index in [0.29, 0.717) is 6.54 Å². The molecular formula is C4H8N2O2S. The van der Waals surface area contributed by atoms with Gasteiger partial charge in [0, 0.05) is 25.2 Å². The SMILES string of the molecule is O=C(O)N1CCCNS1. The highest BCUT2D eigenvalue weighted by Crippen LogP contribution is 2.10. The van der Waals surface area contributed by atoms with Crippen molar-refractivity contribution in [3.8, 4) is 0 Å². The predicted octanol–water partition coefficient (Wildman–Crippen LogP) is 0.523. The topological polar surface area (TPSA) is 52.6 Å². The Morgan fingerprint density at radius 1 is 1.78 bits per heavy atom. The highest BCUT2D eigenvalue weighted by Gasteiger charge is 2.14. The molecule has 0 aromatic heterocycles. The van der Waals surface area contributed by atoms with E-state index in [1.165, 1.54) is 4.31 Å². The Hall–Kier alpha value is -0.420. The van der Waals surface area contributed by atoms with Crippen LogP contribution in [0.4, 0.5) is 4.79 Å². The Labute approximate surface area is 57.5 Å². The molecule has 0 saturated carbocycles. The molecule has 9 heavy (non-hydrogen) atoms. The molecule has 4 nitrogen and oxygen atoms in total. The monoisotopic (exact) mass is 148 g/mol. The fraction of sp³-hybridized carbons (Fsp3) is 0.750. The van der Waals surface area contributed by atoms with Gasteiger partial charge in [-0.1, -0.05) is 0 Å². The van der Waals surface area contributed by atoms with Crippen molar-refractivity contribution in [3.05, 3.63) is 0 Å². The van der Waals surface area contributed by atoms with Gasteiger partial charge in [-0.15, -0.1) is 0 Å². The first-order valence-electron chi connectivity index (χ1n) is 2.71. The summed E-state index contributed by atoms with van der Waals surface area (Å²) < 4.78 is 4.16. The molecule has 2 N–H and O–H groups in total. The molecule has 1 rings (SSSR count). The lowest BCUT2D eigenvalue weighted by molar-refractivity contribution is 0.174. The zero-order valence-corrected chi connectivity index (χ0v) is 5.65. The van der Waals surface area contributed by atoms with Crippen LogP contribution in [0.15, 0.2) is 0 Å². The molecule has 0 aromatic carbocycles. The van der Waals surface area contributed by atoms with E-state index in [1.807, 2.05) is 0 Å². The number of nitrogens with one attached hydrogen (secondary N) is 1. The molecule has 5 heteroatoms. The normalized spacial score (nSPS) is 19.8. The summed E-state index contributed by atoms with van der Waals surface area (Å²) in [6.45, 7) is 1.53. The quantitative estimate of drug-likeness (QED) is 0.492. The fourth-order valence-corrected chi connectivity index (χ4v) is 1.29. The molecular weight excluding hydrogens is 140 g/mol. The minimum atomic E-state index is -0.868. The maximum Gasteiger partial charge on any atom is 0.418 e. The lowest BCUT2D eigenvalue weighted by Crippen LogP contribution is -2.33. The molecule has 1 heterocycles. The lowest BCUT2D eigenvalue weighted by atomic mass is 10.4. The summed E-state index contributed by atoms with van der Waals surface area (Å²) >= 11 is 1.16. The van der Waals surface area contributed by atoms with Crippen molar-refractivity contribution in [3.63, 3.8) is 0 Å². The zero-order chi connectivity index (χ0) is 6.69. The summed E-state index contributed by atoms with van der Waals surface area (Å²) in [5.74, 6) is 0. The van der Waals surface area contributed by atoms with Crippen molar-refractivity contribution in [2.75, 3.05) is 13.1 Å². The third kappa shape index (κ3) is 1.76. The van der Waals surface area contributed by atoms with Gasteiger partial charge in [0.2, 0.25) is 0 Å². The Morgan fingerprint density at radius 2 is 2.56 bits per heavy atom. The van der Waals surface area contributed by atoms with Crippen LogP contribution in [0.5, 0.6) is 0 Å². The maximum atomic E-state index is 10.2. The first kappa shape index (κ1) is 6.70. The molecule has 1 aliphatic rings. The van der Waals surface area contributed by atoms with Crippen molar-refractivity contribution in [1.82, 2.24) is 9.03 Å². The third-order valence-electron chi connectivity index (χ3n) is 1.03. The Morgan fingerprint density at radius 3 is 2.89 bits per heavy atom. The molecule has 0 spiro atoms. The summed E-state index contributed by atoms with van der Waals surface area (Å²) in [7, 11) is 0. The second-order valence-corrected chi connectivity index (χ2v) is 2.64. The number of carboxylic acid groups (broad SMARTS) is 1. The number of carbonyl (C=O) groups is 1. The summed E-state index contributed by atoms with van der Waals surface area (Å²) in [6.07, 6.45) is 0.0337. The summed E-state index contributed by atoms with van der Waals surface area (Å²) in [5.41, 5.74) is 0. The van der Waals surface area contributed by atoms with Crippen molar-refractivity contribution in [2.24, 2.45) is 0 Å². The average molecular weight is 148 g/mol. The third-order valence-corrected chi connectivity index (χ3v) is 1.92. The van der Waals surface area contributed by atoms with Gasteiger partial charge in [-0.25, -0.2) is 13.8 Å². The largest absolute Gasteiger partial charge is 0.464 e. The molecule has 1 saturated heterocycles. The molecule has 1 fully saturated rings. The number of nitrogens with zero attached hydrogens (tertiary/aromatic N) is 1. The van der Waals surface area contributed by atoms with Crippen LogP contribution in [0.25, 0.3) is 0 Å². The molecule has 0 bridgehead atoms. The van der Waals surface area contributed by atoms with E-state index in [1.54, 1.807) is 0 Å². The maximum absolute atomic E-state index is 10.2. The molecule has 0 radical (unpaired) electrons. The van der Waals surface area contributed by atoms with Gasteiger partial charge < -0.3 is 5.11 Å². The molecule has 0 aromatic rings. The molecule has 52 valence electrons. The van der Waals surface area contributed by atoms with E-state index < -0.39 is 6.09 Å². The highest BCUT2D eigenvalue weighted by atomic mass is 32.2. The van der Waals surface area contributed by atoms with Crippen LogP contribution in [0.1, 0.15) is 6.42 Å². The van der Waals surface area contributed by atoms with Crippen LogP contribution < -0.4 is 4.72 Å². The lowest BCUT2D eigenvalue weighted by Gasteiger charge is -2.21. The van der Waals surface area contributed by atoms with Crippen molar-refractivity contribution in [1.29, 1.82) is 0 Å². The van der Waals surface area contributed by atoms with Gasteiger partial charge >= 0.3 is 6.09 Å². The second-order valence-electron chi connectivity index (χ2n) is 1.72. The number of amides is 1. The smallest absolute Gasteiger partial charge is 0.418 e. The molecule has 0 atom stereocenters. The zero-order valence-electron chi connectivity index (χ0n) is 4.83. The van der Waals surface area contributed by atoms with Gasteiger partial charge in [-0.3, -0.25) is 0 Å². The van der Waals surface area contributed by atoms with E-state index in [2.05, 4.69) is 4.72 Å². The summed E-state index contributed by atoms with van der Waals surface area (Å²) in [4.78, 5) is 10.2. The molecule has 0 aliphatic carbocycles. The van der Waals surface area contributed by atoms with Gasteiger partial charge in [0.05, 0.1) is 0 Å². The van der Waals surface area contributed by atoms with Crippen molar-refractivity contribution < 1.29 is 9.90 Å². The fourth-order valence-electron chi connectivity index (χ4n) is 0.599. The van der Waals surface area contributed by atoms with Crippen LogP contribution in [0, 0.1) is 0 Å². The van der Waals surface area contributed by atoms with E-state index in [0.717, 1.165) is 25.1 Å². The van der Waals surface area contributed by atoms with Gasteiger partial charge in [0.15, 0.2) is 0 Å². The Kier molecular flexibility index (Phi) is 2.18. The Balaban J connectivity index is 2.31. The minimum absolute atomic E-state index is 0.632. The molecule has 0 unspecified atom stereocenters. The van der Waals surface area contributed by atoms with Gasteiger partial charge in [0.25, 0.3) is 0 Å². The molecule has 1 amide bonds. The average Bonchev–Trinajstić information content (AvgIpc) is 1.90. The Bertz CT molecular complexity index is 113. The van der Waals surface area contributed by atoms with Gasteiger partial charge in [-0.05, 0) is 6.42 Å². The van der Waals surface area contributed by atoms with Crippen LogP contribution in [-0.2, 0) is 0 Å². The van der Waals surface area contributed by atoms with Gasteiger partial charge in [0.1, 0.15) is 0 Å². The summed E-state index contributed by atoms with van der Waals surface area (Å²) in [5, 5.41) is 8.40. The van der Waals surface area contributed by atoms with E-state index in [-0.39, 0.29) is 0 Å². The van der Waals surface area contributed by atoms with Crippen molar-refractivity contribution >= 4 is 18.2 Å². The number of rotatable bonds is 0. The molecule has 1 aliphatic heterocycles. The van der Waals surface area contributed by atoms with Crippen LogP contribution in [0.3, 0.4) is 0 Å². The first-order valence-corrected chi connectivity index (χ1v) is 3.48. The minimum Gasteiger partial charge on any atom is -0.464 e. The van der Waals surface area contributed by atoms with E-state index >= 15 is 0 Å².